The van der Waals surface area contributed by atoms with E-state index in [-0.39, 0.29) is 31.4 Å². The fraction of sp³-hybridized carbons (Fsp3) is 0.316. The lowest BCUT2D eigenvalue weighted by atomic mass is 10.2. The van der Waals surface area contributed by atoms with Crippen LogP contribution in [-0.2, 0) is 11.3 Å². The summed E-state index contributed by atoms with van der Waals surface area (Å²) in [7, 11) is 1.86. The summed E-state index contributed by atoms with van der Waals surface area (Å²) in [6.07, 6.45) is -0.839. The average Bonchev–Trinajstić information content (AvgIpc) is 2.60. The molecule has 0 bridgehead atoms. The first-order chi connectivity index (χ1) is 12.0. The zero-order valence-corrected chi connectivity index (χ0v) is 14.2. The van der Waals surface area contributed by atoms with Crippen molar-refractivity contribution in [1.29, 1.82) is 0 Å². The Labute approximate surface area is 147 Å². The van der Waals surface area contributed by atoms with Gasteiger partial charge >= 0.3 is 0 Å². The smallest absolute Gasteiger partial charge is 0.234 e. The van der Waals surface area contributed by atoms with Gasteiger partial charge in [-0.3, -0.25) is 9.69 Å². The largest absolute Gasteiger partial charge is 0.491 e. The van der Waals surface area contributed by atoms with Crippen LogP contribution in [-0.4, -0.2) is 48.8 Å². The van der Waals surface area contributed by atoms with Gasteiger partial charge in [0.1, 0.15) is 24.3 Å². The molecule has 6 heteroatoms. The van der Waals surface area contributed by atoms with E-state index in [1.54, 1.807) is 0 Å². The van der Waals surface area contributed by atoms with E-state index < -0.39 is 6.10 Å². The number of nitrogens with zero attached hydrogens (tertiary/aromatic N) is 1. The van der Waals surface area contributed by atoms with E-state index in [4.69, 9.17) is 4.74 Å². The van der Waals surface area contributed by atoms with Gasteiger partial charge in [0.05, 0.1) is 6.54 Å². The van der Waals surface area contributed by atoms with Gasteiger partial charge < -0.3 is 15.2 Å². The van der Waals surface area contributed by atoms with Crippen LogP contribution in [0.4, 0.5) is 4.39 Å². The first kappa shape index (κ1) is 18.9. The van der Waals surface area contributed by atoms with Crippen molar-refractivity contribution in [2.24, 2.45) is 0 Å². The minimum Gasteiger partial charge on any atom is -0.491 e. The van der Waals surface area contributed by atoms with Crippen molar-refractivity contribution in [1.82, 2.24) is 10.2 Å². The third-order valence-corrected chi connectivity index (χ3v) is 3.50. The molecule has 0 aliphatic rings. The van der Waals surface area contributed by atoms with Gasteiger partial charge in [0, 0.05) is 13.1 Å². The summed E-state index contributed by atoms with van der Waals surface area (Å²) < 4.78 is 18.1. The molecule has 0 radical (unpaired) electrons. The van der Waals surface area contributed by atoms with E-state index in [0.717, 1.165) is 5.56 Å². The van der Waals surface area contributed by atoms with Crippen LogP contribution in [0.3, 0.4) is 0 Å². The number of hydrogen-bond donors (Lipinski definition) is 2. The number of carbonyl (C=O) groups excluding carboxylic acids is 1. The molecule has 5 nitrogen and oxygen atoms in total. The summed E-state index contributed by atoms with van der Waals surface area (Å²) >= 11 is 0. The molecule has 134 valence electrons. The number of likely N-dealkylation sites (N-methyl/N-ethyl adjacent to an activating group) is 1. The van der Waals surface area contributed by atoms with Crippen LogP contribution in [0.1, 0.15) is 5.56 Å². The highest BCUT2D eigenvalue weighted by atomic mass is 19.1. The van der Waals surface area contributed by atoms with Crippen LogP contribution in [0.25, 0.3) is 0 Å². The zero-order chi connectivity index (χ0) is 18.1. The average molecular weight is 346 g/mol. The highest BCUT2D eigenvalue weighted by Gasteiger charge is 2.10. The normalized spacial score (nSPS) is 12.0. The zero-order valence-electron chi connectivity index (χ0n) is 14.2. The number of rotatable bonds is 9. The van der Waals surface area contributed by atoms with Gasteiger partial charge in [-0.25, -0.2) is 4.39 Å². The predicted molar refractivity (Wildman–Crippen MR) is 93.7 cm³/mol. The number of benzene rings is 2. The molecule has 0 saturated carbocycles. The van der Waals surface area contributed by atoms with E-state index in [1.165, 1.54) is 24.3 Å². The first-order valence-corrected chi connectivity index (χ1v) is 8.08. The molecule has 0 fully saturated rings. The van der Waals surface area contributed by atoms with Crippen molar-refractivity contribution < 1.29 is 19.0 Å². The molecular weight excluding hydrogens is 323 g/mol. The Kier molecular flexibility index (Phi) is 7.37. The maximum Gasteiger partial charge on any atom is 0.234 e. The van der Waals surface area contributed by atoms with Gasteiger partial charge in [0.25, 0.3) is 0 Å². The molecule has 0 aliphatic carbocycles. The second kappa shape index (κ2) is 9.76. The van der Waals surface area contributed by atoms with E-state index in [2.05, 4.69) is 5.32 Å². The summed E-state index contributed by atoms with van der Waals surface area (Å²) in [5.41, 5.74) is 1.13. The van der Waals surface area contributed by atoms with Gasteiger partial charge in [-0.15, -0.1) is 0 Å². The van der Waals surface area contributed by atoms with E-state index in [0.29, 0.717) is 12.3 Å². The Morgan fingerprint density at radius 3 is 2.56 bits per heavy atom. The topological polar surface area (TPSA) is 61.8 Å². The standard InChI is InChI=1S/C19H23FN2O3/c1-22(12-15-5-3-2-4-6-15)13-19(24)21-11-17(23)14-25-18-9-7-16(20)8-10-18/h2-10,17,23H,11-14H2,1H3,(H,21,24)/t17-/m1/s1. The lowest BCUT2D eigenvalue weighted by molar-refractivity contribution is -0.122. The molecular formula is C19H23FN2O3. The summed E-state index contributed by atoms with van der Waals surface area (Å²) in [5.74, 6) is -0.0478. The number of hydrogen-bond acceptors (Lipinski definition) is 4. The van der Waals surface area contributed by atoms with Crippen molar-refractivity contribution in [3.63, 3.8) is 0 Å². The molecule has 0 heterocycles. The first-order valence-electron chi connectivity index (χ1n) is 8.08. The SMILES string of the molecule is CN(CC(=O)NC[C@@H](O)COc1ccc(F)cc1)Cc1ccccc1. The molecule has 2 aromatic carbocycles. The van der Waals surface area contributed by atoms with Gasteiger partial charge in [0.2, 0.25) is 5.91 Å². The lowest BCUT2D eigenvalue weighted by Gasteiger charge is -2.17. The molecule has 0 unspecified atom stereocenters. The molecule has 0 aliphatic heterocycles. The van der Waals surface area contributed by atoms with Gasteiger partial charge in [-0.1, -0.05) is 30.3 Å². The summed E-state index contributed by atoms with van der Waals surface area (Å²) in [6, 6.07) is 15.4. The Bertz CT molecular complexity index is 649. The molecule has 1 amide bonds. The molecule has 2 aromatic rings. The van der Waals surface area contributed by atoms with Crippen LogP contribution < -0.4 is 10.1 Å². The van der Waals surface area contributed by atoms with E-state index in [9.17, 15) is 14.3 Å². The molecule has 0 saturated heterocycles. The fourth-order valence-electron chi connectivity index (χ4n) is 2.27. The van der Waals surface area contributed by atoms with E-state index >= 15 is 0 Å². The molecule has 25 heavy (non-hydrogen) atoms. The van der Waals surface area contributed by atoms with Crippen molar-refractivity contribution in [3.05, 3.63) is 66.0 Å². The van der Waals surface area contributed by atoms with Crippen molar-refractivity contribution in [2.75, 3.05) is 26.7 Å². The van der Waals surface area contributed by atoms with Crippen LogP contribution in [0.5, 0.6) is 5.75 Å². The summed E-state index contributed by atoms with van der Waals surface area (Å²) in [5, 5.41) is 12.5. The number of carbonyl (C=O) groups is 1. The van der Waals surface area contributed by atoms with Gasteiger partial charge in [-0.05, 0) is 36.9 Å². The quantitative estimate of drug-likeness (QED) is 0.727. The maximum absolute atomic E-state index is 12.8. The second-order valence-corrected chi connectivity index (χ2v) is 5.88. The molecule has 2 N–H and O–H groups in total. The fourth-order valence-corrected chi connectivity index (χ4v) is 2.27. The number of ether oxygens (including phenoxy) is 1. The van der Waals surface area contributed by atoms with Crippen molar-refractivity contribution >= 4 is 5.91 Å². The summed E-state index contributed by atoms with van der Waals surface area (Å²) in [6.45, 7) is 1.02. The van der Waals surface area contributed by atoms with Crippen LogP contribution in [0.2, 0.25) is 0 Å². The highest BCUT2D eigenvalue weighted by Crippen LogP contribution is 2.11. The number of aliphatic hydroxyl groups is 1. The van der Waals surface area contributed by atoms with Crippen LogP contribution >= 0.6 is 0 Å². The third kappa shape index (κ3) is 7.32. The summed E-state index contributed by atoms with van der Waals surface area (Å²) in [4.78, 5) is 13.8. The van der Waals surface area contributed by atoms with Gasteiger partial charge in [-0.2, -0.15) is 0 Å². The minimum absolute atomic E-state index is 0.0196. The van der Waals surface area contributed by atoms with Crippen LogP contribution in [0, 0.1) is 5.82 Å². The van der Waals surface area contributed by atoms with E-state index in [1.807, 2.05) is 42.3 Å². The lowest BCUT2D eigenvalue weighted by Crippen LogP contribution is -2.40. The third-order valence-electron chi connectivity index (χ3n) is 3.50. The molecule has 0 spiro atoms. The monoisotopic (exact) mass is 346 g/mol. The van der Waals surface area contributed by atoms with Crippen molar-refractivity contribution in [2.45, 2.75) is 12.6 Å². The number of amides is 1. The Balaban J connectivity index is 1.64. The Morgan fingerprint density at radius 2 is 1.88 bits per heavy atom. The molecule has 0 aromatic heterocycles. The minimum atomic E-state index is -0.839. The molecule has 1 atom stereocenters. The molecule has 2 rings (SSSR count). The number of nitrogens with one attached hydrogen (secondary N) is 1. The van der Waals surface area contributed by atoms with Crippen molar-refractivity contribution in [3.8, 4) is 5.75 Å². The Morgan fingerprint density at radius 1 is 1.20 bits per heavy atom. The number of aliphatic hydroxyl groups excluding tert-OH is 1. The Hall–Kier alpha value is -2.44. The second-order valence-electron chi connectivity index (χ2n) is 5.88. The number of halogens is 1. The maximum atomic E-state index is 12.8. The van der Waals surface area contributed by atoms with Crippen LogP contribution in [0.15, 0.2) is 54.6 Å². The highest BCUT2D eigenvalue weighted by molar-refractivity contribution is 5.77. The van der Waals surface area contributed by atoms with Gasteiger partial charge in [0.15, 0.2) is 0 Å². The predicted octanol–water partition coefficient (Wildman–Crippen LogP) is 1.81.